The molecular formula is C22H15N3S2. The first-order valence-corrected chi connectivity index (χ1v) is 10.3. The van der Waals surface area contributed by atoms with E-state index in [0.717, 1.165) is 32.3 Å². The average molecular weight is 386 g/mol. The van der Waals surface area contributed by atoms with Crippen molar-refractivity contribution in [3.63, 3.8) is 0 Å². The SMILES string of the molecule is C(=C\c1cn(-c2ccccc2)nc1-c1cccs1)/c1nc2ccccc2s1. The van der Waals surface area contributed by atoms with Crippen LogP contribution in [0.3, 0.4) is 0 Å². The van der Waals surface area contributed by atoms with Crippen molar-refractivity contribution in [1.82, 2.24) is 14.8 Å². The number of thiophene rings is 1. The van der Waals surface area contributed by atoms with Gasteiger partial charge in [0.25, 0.3) is 0 Å². The molecule has 0 aliphatic heterocycles. The standard InChI is InChI=1S/C22H15N3S2/c1-2-7-17(8-3-1)25-15-16(22(24-25)20-11-6-14-26-20)12-13-21-23-18-9-4-5-10-19(18)27-21/h1-15H/b13-12+. The van der Waals surface area contributed by atoms with Crippen LogP contribution in [0.2, 0.25) is 0 Å². The van der Waals surface area contributed by atoms with Gasteiger partial charge in [0.1, 0.15) is 10.7 Å². The summed E-state index contributed by atoms with van der Waals surface area (Å²) in [4.78, 5) is 5.85. The molecule has 0 spiro atoms. The molecule has 3 aromatic heterocycles. The van der Waals surface area contributed by atoms with Gasteiger partial charge in [-0.2, -0.15) is 5.10 Å². The van der Waals surface area contributed by atoms with Crippen molar-refractivity contribution in [3.05, 3.63) is 88.9 Å². The van der Waals surface area contributed by atoms with Crippen LogP contribution in [0.1, 0.15) is 10.6 Å². The second-order valence-electron chi connectivity index (χ2n) is 6.04. The predicted molar refractivity (Wildman–Crippen MR) is 115 cm³/mol. The van der Waals surface area contributed by atoms with E-state index in [1.165, 1.54) is 4.70 Å². The van der Waals surface area contributed by atoms with E-state index in [9.17, 15) is 0 Å². The Morgan fingerprint density at radius 2 is 1.70 bits per heavy atom. The van der Waals surface area contributed by atoms with E-state index in [2.05, 4.69) is 54.1 Å². The Labute approximate surface area is 164 Å². The molecule has 5 rings (SSSR count). The summed E-state index contributed by atoms with van der Waals surface area (Å²) < 4.78 is 3.14. The van der Waals surface area contributed by atoms with Gasteiger partial charge in [-0.25, -0.2) is 9.67 Å². The van der Waals surface area contributed by atoms with E-state index in [1.54, 1.807) is 22.7 Å². The number of aromatic nitrogens is 3. The van der Waals surface area contributed by atoms with Crippen LogP contribution >= 0.6 is 22.7 Å². The van der Waals surface area contributed by atoms with Gasteiger partial charge >= 0.3 is 0 Å². The molecule has 0 saturated heterocycles. The number of fused-ring (bicyclic) bond motifs is 1. The molecule has 2 aromatic carbocycles. The van der Waals surface area contributed by atoms with Gasteiger partial charge in [-0.15, -0.1) is 22.7 Å². The maximum Gasteiger partial charge on any atom is 0.117 e. The largest absolute Gasteiger partial charge is 0.240 e. The normalized spacial score (nSPS) is 11.6. The van der Waals surface area contributed by atoms with Gasteiger partial charge in [-0.1, -0.05) is 36.4 Å². The summed E-state index contributed by atoms with van der Waals surface area (Å²) in [5, 5.41) is 7.92. The number of benzene rings is 2. The Hall–Kier alpha value is -3.02. The fourth-order valence-corrected chi connectivity index (χ4v) is 4.55. The molecule has 27 heavy (non-hydrogen) atoms. The van der Waals surface area contributed by atoms with Crippen molar-refractivity contribution in [2.45, 2.75) is 0 Å². The smallest absolute Gasteiger partial charge is 0.117 e. The van der Waals surface area contributed by atoms with Gasteiger partial charge in [0.05, 0.1) is 20.8 Å². The molecule has 0 N–H and O–H groups in total. The lowest BCUT2D eigenvalue weighted by molar-refractivity contribution is 0.885. The van der Waals surface area contributed by atoms with Crippen molar-refractivity contribution in [3.8, 4) is 16.3 Å². The van der Waals surface area contributed by atoms with Crippen LogP contribution in [0, 0.1) is 0 Å². The summed E-state index contributed by atoms with van der Waals surface area (Å²) in [5.41, 5.74) is 4.17. The zero-order chi connectivity index (χ0) is 18.1. The molecular weight excluding hydrogens is 370 g/mol. The van der Waals surface area contributed by atoms with Crippen molar-refractivity contribution < 1.29 is 0 Å². The second-order valence-corrected chi connectivity index (χ2v) is 8.05. The summed E-state index contributed by atoms with van der Waals surface area (Å²) in [6.07, 6.45) is 6.27. The summed E-state index contributed by atoms with van der Waals surface area (Å²) in [6, 6.07) is 22.6. The molecule has 0 aliphatic rings. The lowest BCUT2D eigenvalue weighted by Gasteiger charge is -1.99. The second kappa shape index (κ2) is 6.95. The van der Waals surface area contributed by atoms with Crippen molar-refractivity contribution in [2.75, 3.05) is 0 Å². The lowest BCUT2D eigenvalue weighted by Crippen LogP contribution is -1.93. The molecule has 0 bridgehead atoms. The molecule has 5 heteroatoms. The lowest BCUT2D eigenvalue weighted by atomic mass is 10.2. The Morgan fingerprint density at radius 1 is 0.852 bits per heavy atom. The summed E-state index contributed by atoms with van der Waals surface area (Å²) >= 11 is 3.40. The van der Waals surface area contributed by atoms with Crippen molar-refractivity contribution in [1.29, 1.82) is 0 Å². The van der Waals surface area contributed by atoms with Gasteiger partial charge in [0.2, 0.25) is 0 Å². The zero-order valence-electron chi connectivity index (χ0n) is 14.3. The first-order valence-electron chi connectivity index (χ1n) is 8.59. The fraction of sp³-hybridized carbons (Fsp3) is 0. The molecule has 3 heterocycles. The highest BCUT2D eigenvalue weighted by atomic mass is 32.1. The fourth-order valence-electron chi connectivity index (χ4n) is 2.95. The Balaban J connectivity index is 1.56. The van der Waals surface area contributed by atoms with Crippen LogP contribution in [0.15, 0.2) is 78.3 Å². The third kappa shape index (κ3) is 3.23. The highest BCUT2D eigenvalue weighted by molar-refractivity contribution is 7.19. The molecule has 0 atom stereocenters. The Kier molecular flexibility index (Phi) is 4.16. The van der Waals surface area contributed by atoms with Gasteiger partial charge in [-0.3, -0.25) is 0 Å². The molecule has 0 unspecified atom stereocenters. The van der Waals surface area contributed by atoms with Crippen LogP contribution in [0.4, 0.5) is 0 Å². The molecule has 0 fully saturated rings. The van der Waals surface area contributed by atoms with E-state index in [0.29, 0.717) is 0 Å². The third-order valence-corrected chi connectivity index (χ3v) is 6.11. The van der Waals surface area contributed by atoms with Gasteiger partial charge in [0, 0.05) is 11.8 Å². The first-order chi connectivity index (χ1) is 13.4. The summed E-state index contributed by atoms with van der Waals surface area (Å²) in [7, 11) is 0. The van der Waals surface area contributed by atoms with Crippen molar-refractivity contribution >= 4 is 45.0 Å². The summed E-state index contributed by atoms with van der Waals surface area (Å²) in [5.74, 6) is 0. The van der Waals surface area contributed by atoms with E-state index in [4.69, 9.17) is 10.1 Å². The minimum atomic E-state index is 0.992. The van der Waals surface area contributed by atoms with Crippen LogP contribution in [0.25, 0.3) is 38.6 Å². The van der Waals surface area contributed by atoms with E-state index >= 15 is 0 Å². The number of thiazole rings is 1. The van der Waals surface area contributed by atoms with Gasteiger partial charge in [-0.05, 0) is 47.9 Å². The molecule has 0 radical (unpaired) electrons. The van der Waals surface area contributed by atoms with Crippen LogP contribution in [-0.2, 0) is 0 Å². The molecule has 3 nitrogen and oxygen atoms in total. The maximum absolute atomic E-state index is 4.84. The van der Waals surface area contributed by atoms with E-state index in [1.807, 2.05) is 41.1 Å². The Morgan fingerprint density at radius 3 is 2.52 bits per heavy atom. The van der Waals surface area contributed by atoms with Gasteiger partial charge in [0.15, 0.2) is 0 Å². The monoisotopic (exact) mass is 385 g/mol. The summed E-state index contributed by atoms with van der Waals surface area (Å²) in [6.45, 7) is 0. The molecule has 130 valence electrons. The molecule has 0 amide bonds. The number of hydrogen-bond acceptors (Lipinski definition) is 4. The minimum Gasteiger partial charge on any atom is -0.240 e. The number of rotatable bonds is 4. The maximum atomic E-state index is 4.84. The number of para-hydroxylation sites is 2. The number of nitrogens with zero attached hydrogens (tertiary/aromatic N) is 3. The van der Waals surface area contributed by atoms with E-state index < -0.39 is 0 Å². The average Bonchev–Trinajstić information content (AvgIpc) is 3.45. The van der Waals surface area contributed by atoms with Crippen LogP contribution < -0.4 is 0 Å². The first kappa shape index (κ1) is 16.2. The molecule has 0 aliphatic carbocycles. The predicted octanol–water partition coefficient (Wildman–Crippen LogP) is 6.38. The van der Waals surface area contributed by atoms with Crippen LogP contribution in [-0.4, -0.2) is 14.8 Å². The zero-order valence-corrected chi connectivity index (χ0v) is 16.0. The van der Waals surface area contributed by atoms with Crippen LogP contribution in [0.5, 0.6) is 0 Å². The van der Waals surface area contributed by atoms with Crippen molar-refractivity contribution in [2.24, 2.45) is 0 Å². The Bertz CT molecular complexity index is 1180. The topological polar surface area (TPSA) is 30.7 Å². The van der Waals surface area contributed by atoms with E-state index in [-0.39, 0.29) is 0 Å². The molecule has 5 aromatic rings. The highest BCUT2D eigenvalue weighted by Crippen LogP contribution is 2.30. The van der Waals surface area contributed by atoms with Gasteiger partial charge < -0.3 is 0 Å². The minimum absolute atomic E-state index is 0.992. The third-order valence-electron chi connectivity index (χ3n) is 4.23. The quantitative estimate of drug-likeness (QED) is 0.359. The highest BCUT2D eigenvalue weighted by Gasteiger charge is 2.11. The molecule has 0 saturated carbocycles. The number of hydrogen-bond donors (Lipinski definition) is 0.